The summed E-state index contributed by atoms with van der Waals surface area (Å²) >= 11 is 1.39. The summed E-state index contributed by atoms with van der Waals surface area (Å²) in [5, 5.41) is 8.34. The van der Waals surface area contributed by atoms with Gasteiger partial charge in [-0.05, 0) is 20.3 Å². The van der Waals surface area contributed by atoms with Crippen molar-refractivity contribution in [3.05, 3.63) is 5.69 Å². The molecule has 0 aliphatic rings. The van der Waals surface area contributed by atoms with E-state index >= 15 is 0 Å². The zero-order valence-electron chi connectivity index (χ0n) is 8.91. The molecule has 0 amide bonds. The molecule has 80 valence electrons. The van der Waals surface area contributed by atoms with Gasteiger partial charge in [-0.3, -0.25) is 0 Å². The van der Waals surface area contributed by atoms with Crippen molar-refractivity contribution in [2.75, 3.05) is 11.9 Å². The highest BCUT2D eigenvalue weighted by Crippen LogP contribution is 2.18. The van der Waals surface area contributed by atoms with Gasteiger partial charge in [-0.2, -0.15) is 0 Å². The van der Waals surface area contributed by atoms with E-state index in [1.165, 1.54) is 11.5 Å². The van der Waals surface area contributed by atoms with Gasteiger partial charge in [0.1, 0.15) is 10.7 Å². The van der Waals surface area contributed by atoms with Crippen LogP contribution in [-0.4, -0.2) is 22.2 Å². The molecule has 0 aliphatic carbocycles. The quantitative estimate of drug-likeness (QED) is 0.791. The summed E-state index contributed by atoms with van der Waals surface area (Å²) in [6.07, 6.45) is 1.33. The molecule has 0 aliphatic heterocycles. The maximum Gasteiger partial charge on any atom is 0.135 e. The molecule has 1 aromatic rings. The van der Waals surface area contributed by atoms with Crippen LogP contribution in [0.25, 0.3) is 0 Å². The van der Waals surface area contributed by atoms with Gasteiger partial charge in [0.2, 0.25) is 0 Å². The van der Waals surface area contributed by atoms with Crippen LogP contribution >= 0.6 is 11.5 Å². The average molecular weight is 215 g/mol. The van der Waals surface area contributed by atoms with Gasteiger partial charge in [-0.15, -0.1) is 5.10 Å². The van der Waals surface area contributed by atoms with E-state index in [9.17, 15) is 0 Å². The first-order chi connectivity index (χ1) is 6.74. The van der Waals surface area contributed by atoms with Crippen molar-refractivity contribution in [1.82, 2.24) is 9.59 Å². The molecule has 1 N–H and O–H groups in total. The van der Waals surface area contributed by atoms with Crippen molar-refractivity contribution in [3.8, 4) is 0 Å². The second-order valence-electron chi connectivity index (χ2n) is 3.34. The third-order valence-corrected chi connectivity index (χ3v) is 2.37. The molecule has 1 heterocycles. The van der Waals surface area contributed by atoms with E-state index in [0.717, 1.165) is 23.7 Å². The van der Waals surface area contributed by atoms with E-state index in [-0.39, 0.29) is 6.10 Å². The number of nitrogens with zero attached hydrogens (tertiary/aromatic N) is 2. The maximum atomic E-state index is 5.47. The Kier molecular flexibility index (Phi) is 4.82. The molecule has 0 radical (unpaired) electrons. The van der Waals surface area contributed by atoms with Crippen LogP contribution in [0.1, 0.15) is 32.9 Å². The molecule has 0 unspecified atom stereocenters. The third-order valence-electron chi connectivity index (χ3n) is 1.64. The lowest BCUT2D eigenvalue weighted by atomic mass is 10.4. The standard InChI is InChI=1S/C9H17N3OS/c1-4-5-10-9-8(11-12-14-9)6-13-7(2)3/h7,10H,4-6H2,1-3H3. The SMILES string of the molecule is CCCNc1snnc1COC(C)C. The van der Waals surface area contributed by atoms with E-state index in [4.69, 9.17) is 4.74 Å². The lowest BCUT2D eigenvalue weighted by Crippen LogP contribution is -2.06. The van der Waals surface area contributed by atoms with Crippen LogP contribution in [0, 0.1) is 0 Å². The number of aromatic nitrogens is 2. The van der Waals surface area contributed by atoms with Crippen molar-refractivity contribution in [2.24, 2.45) is 0 Å². The summed E-state index contributed by atoms with van der Waals surface area (Å²) in [7, 11) is 0. The van der Waals surface area contributed by atoms with Gasteiger partial charge in [0, 0.05) is 18.1 Å². The van der Waals surface area contributed by atoms with E-state index in [2.05, 4.69) is 21.8 Å². The highest BCUT2D eigenvalue weighted by molar-refractivity contribution is 7.10. The molecule has 0 saturated carbocycles. The third kappa shape index (κ3) is 3.59. The molecule has 0 atom stereocenters. The van der Waals surface area contributed by atoms with Crippen LogP contribution in [0.5, 0.6) is 0 Å². The number of hydrogen-bond donors (Lipinski definition) is 1. The minimum Gasteiger partial charge on any atom is -0.374 e. The lowest BCUT2D eigenvalue weighted by Gasteiger charge is -2.07. The summed E-state index contributed by atoms with van der Waals surface area (Å²) in [6, 6.07) is 0. The summed E-state index contributed by atoms with van der Waals surface area (Å²) < 4.78 is 9.37. The van der Waals surface area contributed by atoms with E-state index in [1.807, 2.05) is 13.8 Å². The Morgan fingerprint density at radius 2 is 2.29 bits per heavy atom. The predicted molar refractivity (Wildman–Crippen MR) is 58.6 cm³/mol. The van der Waals surface area contributed by atoms with Gasteiger partial charge in [0.05, 0.1) is 12.7 Å². The van der Waals surface area contributed by atoms with E-state index < -0.39 is 0 Å². The molecule has 0 spiro atoms. The predicted octanol–water partition coefficient (Wildman–Crippen LogP) is 2.29. The van der Waals surface area contributed by atoms with Gasteiger partial charge >= 0.3 is 0 Å². The van der Waals surface area contributed by atoms with Crippen LogP contribution in [0.4, 0.5) is 5.00 Å². The largest absolute Gasteiger partial charge is 0.374 e. The molecule has 4 nitrogen and oxygen atoms in total. The smallest absolute Gasteiger partial charge is 0.135 e. The summed E-state index contributed by atoms with van der Waals surface area (Å²) in [5.74, 6) is 0. The number of ether oxygens (including phenoxy) is 1. The molecular weight excluding hydrogens is 198 g/mol. The Hall–Kier alpha value is -0.680. The molecule has 5 heteroatoms. The fraction of sp³-hybridized carbons (Fsp3) is 0.778. The highest BCUT2D eigenvalue weighted by atomic mass is 32.1. The number of rotatable bonds is 6. The number of anilines is 1. The van der Waals surface area contributed by atoms with Crippen LogP contribution in [-0.2, 0) is 11.3 Å². The minimum atomic E-state index is 0.232. The highest BCUT2D eigenvalue weighted by Gasteiger charge is 2.07. The van der Waals surface area contributed by atoms with Crippen molar-refractivity contribution < 1.29 is 4.74 Å². The van der Waals surface area contributed by atoms with Crippen LogP contribution < -0.4 is 5.32 Å². The molecule has 0 fully saturated rings. The van der Waals surface area contributed by atoms with Gasteiger partial charge in [0.25, 0.3) is 0 Å². The lowest BCUT2D eigenvalue weighted by molar-refractivity contribution is 0.0639. The second-order valence-corrected chi connectivity index (χ2v) is 4.09. The first-order valence-corrected chi connectivity index (χ1v) is 5.68. The van der Waals surface area contributed by atoms with Gasteiger partial charge < -0.3 is 10.1 Å². The summed E-state index contributed by atoms with van der Waals surface area (Å²) in [5.41, 5.74) is 0.914. The average Bonchev–Trinajstić information content (AvgIpc) is 2.58. The van der Waals surface area contributed by atoms with Crippen molar-refractivity contribution in [2.45, 2.75) is 39.9 Å². The Bertz CT molecular complexity index is 262. The first kappa shape index (κ1) is 11.4. The molecule has 1 aromatic heterocycles. The molecule has 0 bridgehead atoms. The van der Waals surface area contributed by atoms with Crippen molar-refractivity contribution >= 4 is 16.5 Å². The molecule has 1 rings (SSSR count). The Morgan fingerprint density at radius 1 is 1.50 bits per heavy atom. The second kappa shape index (κ2) is 5.93. The van der Waals surface area contributed by atoms with E-state index in [0.29, 0.717) is 6.61 Å². The molecule has 0 aromatic carbocycles. The molecular formula is C9H17N3OS. The van der Waals surface area contributed by atoms with Crippen LogP contribution in [0.3, 0.4) is 0 Å². The Labute approximate surface area is 88.8 Å². The summed E-state index contributed by atoms with van der Waals surface area (Å²) in [6.45, 7) is 7.66. The van der Waals surface area contributed by atoms with Crippen LogP contribution in [0.2, 0.25) is 0 Å². The van der Waals surface area contributed by atoms with Gasteiger partial charge in [-0.1, -0.05) is 11.4 Å². The molecule has 0 saturated heterocycles. The first-order valence-electron chi connectivity index (χ1n) is 4.90. The minimum absolute atomic E-state index is 0.232. The monoisotopic (exact) mass is 215 g/mol. The van der Waals surface area contributed by atoms with E-state index in [1.54, 1.807) is 0 Å². The van der Waals surface area contributed by atoms with Gasteiger partial charge in [-0.25, -0.2) is 0 Å². The zero-order valence-corrected chi connectivity index (χ0v) is 9.73. The fourth-order valence-corrected chi connectivity index (χ4v) is 1.51. The van der Waals surface area contributed by atoms with Crippen molar-refractivity contribution in [3.63, 3.8) is 0 Å². The maximum absolute atomic E-state index is 5.47. The normalized spacial score (nSPS) is 10.9. The topological polar surface area (TPSA) is 47.0 Å². The number of nitrogens with one attached hydrogen (secondary N) is 1. The van der Waals surface area contributed by atoms with Crippen molar-refractivity contribution in [1.29, 1.82) is 0 Å². The Morgan fingerprint density at radius 3 is 2.93 bits per heavy atom. The zero-order chi connectivity index (χ0) is 10.4. The van der Waals surface area contributed by atoms with Gasteiger partial charge in [0.15, 0.2) is 0 Å². The summed E-state index contributed by atoms with van der Waals surface area (Å²) in [4.78, 5) is 0. The van der Waals surface area contributed by atoms with Crippen LogP contribution in [0.15, 0.2) is 0 Å². The Balaban J connectivity index is 2.45. The molecule has 14 heavy (non-hydrogen) atoms. The fourth-order valence-electron chi connectivity index (χ4n) is 0.921. The number of hydrogen-bond acceptors (Lipinski definition) is 5.